The van der Waals surface area contributed by atoms with Crippen LogP contribution in [0, 0.1) is 5.92 Å². The van der Waals surface area contributed by atoms with Crippen LogP contribution in [0.1, 0.15) is 73.6 Å². The zero-order valence-electron chi connectivity index (χ0n) is 13.7. The third kappa shape index (κ3) is 5.88. The second kappa shape index (κ2) is 9.23. The lowest BCUT2D eigenvalue weighted by molar-refractivity contribution is 0.0218. The number of rotatable bonds is 9. The summed E-state index contributed by atoms with van der Waals surface area (Å²) in [5, 5.41) is 8.87. The van der Waals surface area contributed by atoms with Crippen LogP contribution in [-0.4, -0.2) is 23.1 Å². The molecule has 0 bridgehead atoms. The summed E-state index contributed by atoms with van der Waals surface area (Å²) in [6.07, 6.45) is 4.85. The van der Waals surface area contributed by atoms with Gasteiger partial charge in [-0.3, -0.25) is 0 Å². The molecule has 1 aromatic rings. The van der Waals surface area contributed by atoms with E-state index in [9.17, 15) is 9.59 Å². The zero-order chi connectivity index (χ0) is 16.5. The maximum Gasteiger partial charge on any atom is 0.338 e. The van der Waals surface area contributed by atoms with Gasteiger partial charge in [-0.25, -0.2) is 9.59 Å². The topological polar surface area (TPSA) is 63.6 Å². The highest BCUT2D eigenvalue weighted by Gasteiger charge is 2.18. The molecule has 122 valence electrons. The normalized spacial score (nSPS) is 13.4. The molecule has 0 spiro atoms. The molecule has 1 aromatic carbocycles. The smallest absolute Gasteiger partial charge is 0.338 e. The van der Waals surface area contributed by atoms with Crippen LogP contribution >= 0.6 is 0 Å². The SMILES string of the molecule is CCCCC(CC(C)CC)OC(=O)c1ccc(C(=O)O)cc1. The van der Waals surface area contributed by atoms with Crippen molar-refractivity contribution < 1.29 is 19.4 Å². The van der Waals surface area contributed by atoms with Crippen molar-refractivity contribution in [2.75, 3.05) is 0 Å². The molecule has 1 N–H and O–H groups in total. The fraction of sp³-hybridized carbons (Fsp3) is 0.556. The summed E-state index contributed by atoms with van der Waals surface area (Å²) in [6, 6.07) is 5.86. The lowest BCUT2D eigenvalue weighted by Crippen LogP contribution is -2.21. The van der Waals surface area contributed by atoms with Gasteiger partial charge in [0.05, 0.1) is 11.1 Å². The van der Waals surface area contributed by atoms with Crippen molar-refractivity contribution in [3.63, 3.8) is 0 Å². The molecule has 0 amide bonds. The Balaban J connectivity index is 2.69. The Morgan fingerprint density at radius 3 is 2.23 bits per heavy atom. The molecule has 0 radical (unpaired) electrons. The third-order valence-electron chi connectivity index (χ3n) is 3.88. The molecular weight excluding hydrogens is 280 g/mol. The Morgan fingerprint density at radius 1 is 1.14 bits per heavy atom. The minimum Gasteiger partial charge on any atom is -0.478 e. The number of ether oxygens (including phenoxy) is 1. The van der Waals surface area contributed by atoms with Gasteiger partial charge in [-0.15, -0.1) is 0 Å². The van der Waals surface area contributed by atoms with Gasteiger partial charge in [0.1, 0.15) is 6.10 Å². The number of esters is 1. The number of carboxylic acids is 1. The first kappa shape index (κ1) is 18.2. The number of hydrogen-bond acceptors (Lipinski definition) is 3. The van der Waals surface area contributed by atoms with Gasteiger partial charge in [-0.05, 0) is 43.0 Å². The highest BCUT2D eigenvalue weighted by atomic mass is 16.5. The summed E-state index contributed by atoms with van der Waals surface area (Å²) < 4.78 is 5.63. The highest BCUT2D eigenvalue weighted by molar-refractivity contribution is 5.92. The summed E-state index contributed by atoms with van der Waals surface area (Å²) in [7, 11) is 0. The first-order chi connectivity index (χ1) is 10.5. The summed E-state index contributed by atoms with van der Waals surface area (Å²) in [5.74, 6) is -0.858. The van der Waals surface area contributed by atoms with Gasteiger partial charge in [0.25, 0.3) is 0 Å². The maximum absolute atomic E-state index is 12.2. The fourth-order valence-corrected chi connectivity index (χ4v) is 2.24. The number of carboxylic acid groups (broad SMARTS) is 1. The predicted octanol–water partition coefficient (Wildman–Crippen LogP) is 4.54. The summed E-state index contributed by atoms with van der Waals surface area (Å²) >= 11 is 0. The number of aromatic carboxylic acids is 1. The molecule has 4 nitrogen and oxygen atoms in total. The molecule has 2 unspecified atom stereocenters. The number of unbranched alkanes of at least 4 members (excludes halogenated alkanes) is 1. The Morgan fingerprint density at radius 2 is 1.73 bits per heavy atom. The molecular formula is C18H26O4. The van der Waals surface area contributed by atoms with E-state index < -0.39 is 5.97 Å². The van der Waals surface area contributed by atoms with Gasteiger partial charge in [-0.2, -0.15) is 0 Å². The van der Waals surface area contributed by atoms with Crippen LogP contribution < -0.4 is 0 Å². The van der Waals surface area contributed by atoms with Crippen LogP contribution in [0.4, 0.5) is 0 Å². The largest absolute Gasteiger partial charge is 0.478 e. The molecule has 0 aliphatic heterocycles. The van der Waals surface area contributed by atoms with Crippen LogP contribution in [0.3, 0.4) is 0 Å². The molecule has 1 rings (SSSR count). The van der Waals surface area contributed by atoms with E-state index in [0.717, 1.165) is 32.1 Å². The predicted molar refractivity (Wildman–Crippen MR) is 86.2 cm³/mol. The number of hydrogen-bond donors (Lipinski definition) is 1. The molecule has 0 aliphatic rings. The lowest BCUT2D eigenvalue weighted by Gasteiger charge is -2.21. The highest BCUT2D eigenvalue weighted by Crippen LogP contribution is 2.19. The second-order valence-electron chi connectivity index (χ2n) is 5.80. The quantitative estimate of drug-likeness (QED) is 0.680. The maximum atomic E-state index is 12.2. The van der Waals surface area contributed by atoms with Gasteiger partial charge in [-0.1, -0.05) is 40.0 Å². The van der Waals surface area contributed by atoms with E-state index in [1.54, 1.807) is 0 Å². The summed E-state index contributed by atoms with van der Waals surface area (Å²) in [6.45, 7) is 6.41. The minimum absolute atomic E-state index is 0.0680. The van der Waals surface area contributed by atoms with Crippen molar-refractivity contribution in [2.45, 2.75) is 59.0 Å². The average Bonchev–Trinajstić information content (AvgIpc) is 2.52. The molecule has 22 heavy (non-hydrogen) atoms. The zero-order valence-corrected chi connectivity index (χ0v) is 13.7. The van der Waals surface area contributed by atoms with Crippen molar-refractivity contribution in [2.24, 2.45) is 5.92 Å². The molecule has 2 atom stereocenters. The van der Waals surface area contributed by atoms with Crippen LogP contribution in [0.2, 0.25) is 0 Å². The molecule has 0 saturated carbocycles. The molecule has 0 aliphatic carbocycles. The van der Waals surface area contributed by atoms with Crippen LogP contribution in [0.5, 0.6) is 0 Å². The Bertz CT molecular complexity index is 478. The standard InChI is InChI=1S/C18H26O4/c1-4-6-7-16(12-13(3)5-2)22-18(21)15-10-8-14(9-11-15)17(19)20/h8-11,13,16H,4-7,12H2,1-3H3,(H,19,20). The van der Waals surface area contributed by atoms with Crippen LogP contribution in [0.15, 0.2) is 24.3 Å². The van der Waals surface area contributed by atoms with E-state index in [-0.39, 0.29) is 17.6 Å². The van der Waals surface area contributed by atoms with Crippen LogP contribution in [-0.2, 0) is 4.74 Å². The van der Waals surface area contributed by atoms with Gasteiger partial charge in [0.15, 0.2) is 0 Å². The Hall–Kier alpha value is -1.84. The van der Waals surface area contributed by atoms with Crippen molar-refractivity contribution in [3.8, 4) is 0 Å². The molecule has 0 aromatic heterocycles. The number of benzene rings is 1. The Kier molecular flexibility index (Phi) is 7.64. The first-order valence-electron chi connectivity index (χ1n) is 8.02. The number of carbonyl (C=O) groups excluding carboxylic acids is 1. The fourth-order valence-electron chi connectivity index (χ4n) is 2.24. The Labute approximate surface area is 132 Å². The van der Waals surface area contributed by atoms with E-state index in [0.29, 0.717) is 11.5 Å². The second-order valence-corrected chi connectivity index (χ2v) is 5.80. The van der Waals surface area contributed by atoms with Gasteiger partial charge in [0.2, 0.25) is 0 Å². The molecule has 0 fully saturated rings. The van der Waals surface area contributed by atoms with Crippen LogP contribution in [0.25, 0.3) is 0 Å². The number of carbonyl (C=O) groups is 2. The van der Waals surface area contributed by atoms with Gasteiger partial charge < -0.3 is 9.84 Å². The van der Waals surface area contributed by atoms with Gasteiger partial charge in [0, 0.05) is 0 Å². The molecule has 0 saturated heterocycles. The van der Waals surface area contributed by atoms with Gasteiger partial charge >= 0.3 is 11.9 Å². The van der Waals surface area contributed by atoms with Crippen molar-refractivity contribution >= 4 is 11.9 Å². The monoisotopic (exact) mass is 306 g/mol. The first-order valence-corrected chi connectivity index (χ1v) is 8.02. The summed E-state index contributed by atoms with van der Waals surface area (Å²) in [4.78, 5) is 23.0. The van der Waals surface area contributed by atoms with Crippen molar-refractivity contribution in [1.82, 2.24) is 0 Å². The van der Waals surface area contributed by atoms with E-state index in [2.05, 4.69) is 20.8 Å². The molecule has 0 heterocycles. The van der Waals surface area contributed by atoms with E-state index in [1.165, 1.54) is 24.3 Å². The third-order valence-corrected chi connectivity index (χ3v) is 3.88. The van der Waals surface area contributed by atoms with Crippen molar-refractivity contribution in [3.05, 3.63) is 35.4 Å². The average molecular weight is 306 g/mol. The summed E-state index contributed by atoms with van der Waals surface area (Å²) in [5.41, 5.74) is 0.564. The van der Waals surface area contributed by atoms with Crippen molar-refractivity contribution in [1.29, 1.82) is 0 Å². The van der Waals surface area contributed by atoms with E-state index >= 15 is 0 Å². The van der Waals surface area contributed by atoms with E-state index in [1.807, 2.05) is 0 Å². The minimum atomic E-state index is -1.00. The van der Waals surface area contributed by atoms with E-state index in [4.69, 9.17) is 9.84 Å². The lowest BCUT2D eigenvalue weighted by atomic mass is 9.98. The molecule has 4 heteroatoms.